The zero-order valence-electron chi connectivity index (χ0n) is 8.55. The van der Waals surface area contributed by atoms with Gasteiger partial charge in [0.1, 0.15) is 11.9 Å². The fourth-order valence-corrected chi connectivity index (χ4v) is 1.45. The number of aliphatic hydroxyl groups is 1. The van der Waals surface area contributed by atoms with Gasteiger partial charge in [0.05, 0.1) is 20.3 Å². The van der Waals surface area contributed by atoms with Crippen LogP contribution >= 0.6 is 0 Å². The summed E-state index contributed by atoms with van der Waals surface area (Å²) in [5, 5.41) is 9.19. The largest absolute Gasteiger partial charge is 0.497 e. The lowest BCUT2D eigenvalue weighted by atomic mass is 10.2. The highest BCUT2D eigenvalue weighted by molar-refractivity contribution is 5.27. The molecule has 1 aromatic rings. The van der Waals surface area contributed by atoms with E-state index >= 15 is 0 Å². The topological polar surface area (TPSA) is 47.9 Å². The van der Waals surface area contributed by atoms with Crippen molar-refractivity contribution in [2.75, 3.05) is 20.3 Å². The first kappa shape index (κ1) is 10.4. The fourth-order valence-electron chi connectivity index (χ4n) is 1.45. The molecule has 1 aromatic carbocycles. The maximum Gasteiger partial charge on any atom is 0.184 e. The molecule has 1 aliphatic rings. The van der Waals surface area contributed by atoms with Gasteiger partial charge in [-0.15, -0.1) is 0 Å². The molecule has 82 valence electrons. The van der Waals surface area contributed by atoms with Crippen LogP contribution in [0.5, 0.6) is 5.75 Å². The van der Waals surface area contributed by atoms with E-state index in [1.165, 1.54) is 0 Å². The van der Waals surface area contributed by atoms with Crippen LogP contribution in [0.4, 0.5) is 0 Å². The van der Waals surface area contributed by atoms with E-state index in [1.54, 1.807) is 7.11 Å². The van der Waals surface area contributed by atoms with Gasteiger partial charge in [0.15, 0.2) is 6.29 Å². The first-order valence-corrected chi connectivity index (χ1v) is 4.85. The molecule has 1 fully saturated rings. The zero-order valence-corrected chi connectivity index (χ0v) is 8.55. The fraction of sp³-hybridized carbons (Fsp3) is 0.455. The highest BCUT2D eigenvalue weighted by atomic mass is 16.7. The molecule has 1 saturated heterocycles. The molecule has 4 nitrogen and oxygen atoms in total. The van der Waals surface area contributed by atoms with Gasteiger partial charge in [-0.3, -0.25) is 0 Å². The highest BCUT2D eigenvalue weighted by Gasteiger charge is 2.21. The Morgan fingerprint density at radius 2 is 1.80 bits per heavy atom. The lowest BCUT2D eigenvalue weighted by Crippen LogP contribution is -2.30. The van der Waals surface area contributed by atoms with Gasteiger partial charge in [0, 0.05) is 5.56 Å². The van der Waals surface area contributed by atoms with Crippen molar-refractivity contribution in [1.82, 2.24) is 0 Å². The molecule has 0 saturated carbocycles. The Morgan fingerprint density at radius 1 is 1.20 bits per heavy atom. The molecule has 1 aliphatic heterocycles. The molecule has 4 heteroatoms. The van der Waals surface area contributed by atoms with Crippen LogP contribution in [0, 0.1) is 0 Å². The molecule has 0 aromatic heterocycles. The molecule has 1 heterocycles. The minimum atomic E-state index is -0.514. The minimum absolute atomic E-state index is 0.316. The van der Waals surface area contributed by atoms with Crippen molar-refractivity contribution < 1.29 is 19.3 Å². The molecule has 0 bridgehead atoms. The third-order valence-corrected chi connectivity index (χ3v) is 2.27. The summed E-state index contributed by atoms with van der Waals surface area (Å²) in [6.45, 7) is 0.632. The third-order valence-electron chi connectivity index (χ3n) is 2.27. The number of benzene rings is 1. The van der Waals surface area contributed by atoms with Crippen LogP contribution in [0.25, 0.3) is 0 Å². The number of aliphatic hydroxyl groups excluding tert-OH is 1. The van der Waals surface area contributed by atoms with Gasteiger partial charge in [-0.05, 0) is 12.1 Å². The average molecular weight is 210 g/mol. The van der Waals surface area contributed by atoms with Crippen LogP contribution in [-0.2, 0) is 9.47 Å². The van der Waals surface area contributed by atoms with E-state index < -0.39 is 6.10 Å². The summed E-state index contributed by atoms with van der Waals surface area (Å²) in [5.41, 5.74) is 0.933. The van der Waals surface area contributed by atoms with Crippen LogP contribution in [0.2, 0.25) is 0 Å². The SMILES string of the molecule is COc1ccc(C2OCC(O)CO2)cc1. The first-order chi connectivity index (χ1) is 7.29. The van der Waals surface area contributed by atoms with Crippen LogP contribution in [0.1, 0.15) is 11.9 Å². The van der Waals surface area contributed by atoms with Gasteiger partial charge in [0.25, 0.3) is 0 Å². The summed E-state index contributed by atoms with van der Waals surface area (Å²) in [7, 11) is 1.62. The molecule has 0 unspecified atom stereocenters. The predicted octanol–water partition coefficient (Wildman–Crippen LogP) is 1.10. The van der Waals surface area contributed by atoms with Crippen LogP contribution < -0.4 is 4.74 Å². The van der Waals surface area contributed by atoms with Gasteiger partial charge in [-0.25, -0.2) is 0 Å². The molecule has 0 spiro atoms. The van der Waals surface area contributed by atoms with Crippen LogP contribution in [0.3, 0.4) is 0 Å². The molecule has 2 rings (SSSR count). The van der Waals surface area contributed by atoms with E-state index in [1.807, 2.05) is 24.3 Å². The Hall–Kier alpha value is -1.10. The molecule has 1 N–H and O–H groups in total. The predicted molar refractivity (Wildman–Crippen MR) is 53.6 cm³/mol. The maximum atomic E-state index is 9.19. The standard InChI is InChI=1S/C11H14O4/c1-13-10-4-2-8(3-5-10)11-14-6-9(12)7-15-11/h2-5,9,11-12H,6-7H2,1H3. The molecule has 15 heavy (non-hydrogen) atoms. The van der Waals surface area contributed by atoms with E-state index in [4.69, 9.17) is 14.2 Å². The Morgan fingerprint density at radius 3 is 2.33 bits per heavy atom. The van der Waals surface area contributed by atoms with Crippen molar-refractivity contribution in [2.24, 2.45) is 0 Å². The van der Waals surface area contributed by atoms with Crippen LogP contribution in [0.15, 0.2) is 24.3 Å². The van der Waals surface area contributed by atoms with Crippen molar-refractivity contribution >= 4 is 0 Å². The second kappa shape index (κ2) is 4.61. The van der Waals surface area contributed by atoms with E-state index in [-0.39, 0.29) is 6.29 Å². The second-order valence-corrected chi connectivity index (χ2v) is 3.43. The normalized spacial score (nSPS) is 26.3. The Bertz CT molecular complexity index is 301. The summed E-state index contributed by atoms with van der Waals surface area (Å²) < 4.78 is 15.7. The first-order valence-electron chi connectivity index (χ1n) is 4.85. The summed E-state index contributed by atoms with van der Waals surface area (Å²) in [6.07, 6.45) is -0.890. The van der Waals surface area contributed by atoms with E-state index in [0.717, 1.165) is 11.3 Å². The van der Waals surface area contributed by atoms with Crippen molar-refractivity contribution in [3.8, 4) is 5.75 Å². The second-order valence-electron chi connectivity index (χ2n) is 3.43. The summed E-state index contributed by atoms with van der Waals surface area (Å²) in [4.78, 5) is 0. The smallest absolute Gasteiger partial charge is 0.184 e. The van der Waals surface area contributed by atoms with E-state index in [9.17, 15) is 5.11 Å². The lowest BCUT2D eigenvalue weighted by Gasteiger charge is -2.26. The highest BCUT2D eigenvalue weighted by Crippen LogP contribution is 2.24. The zero-order chi connectivity index (χ0) is 10.7. The van der Waals surface area contributed by atoms with Crippen molar-refractivity contribution in [1.29, 1.82) is 0 Å². The quantitative estimate of drug-likeness (QED) is 0.794. The van der Waals surface area contributed by atoms with Gasteiger partial charge in [-0.1, -0.05) is 12.1 Å². The number of ether oxygens (including phenoxy) is 3. The molecule has 0 amide bonds. The van der Waals surface area contributed by atoms with Crippen LogP contribution in [-0.4, -0.2) is 31.5 Å². The van der Waals surface area contributed by atoms with Crippen molar-refractivity contribution in [2.45, 2.75) is 12.4 Å². The number of hydrogen-bond donors (Lipinski definition) is 1. The Balaban J connectivity index is 2.03. The molecule has 0 aliphatic carbocycles. The summed E-state index contributed by atoms with van der Waals surface area (Å²) in [5.74, 6) is 0.801. The van der Waals surface area contributed by atoms with Gasteiger partial charge >= 0.3 is 0 Å². The molecular formula is C11H14O4. The van der Waals surface area contributed by atoms with E-state index in [2.05, 4.69) is 0 Å². The van der Waals surface area contributed by atoms with Crippen molar-refractivity contribution in [3.05, 3.63) is 29.8 Å². The summed E-state index contributed by atoms with van der Waals surface area (Å²) in [6, 6.07) is 7.49. The number of hydrogen-bond acceptors (Lipinski definition) is 4. The Kier molecular flexibility index (Phi) is 3.20. The van der Waals surface area contributed by atoms with E-state index in [0.29, 0.717) is 13.2 Å². The molecular weight excluding hydrogens is 196 g/mol. The summed E-state index contributed by atoms with van der Waals surface area (Å²) >= 11 is 0. The lowest BCUT2D eigenvalue weighted by molar-refractivity contribution is -0.220. The number of methoxy groups -OCH3 is 1. The van der Waals surface area contributed by atoms with Gasteiger partial charge < -0.3 is 19.3 Å². The van der Waals surface area contributed by atoms with Gasteiger partial charge in [-0.2, -0.15) is 0 Å². The van der Waals surface area contributed by atoms with Crippen molar-refractivity contribution in [3.63, 3.8) is 0 Å². The third kappa shape index (κ3) is 2.47. The molecule has 0 radical (unpaired) electrons. The monoisotopic (exact) mass is 210 g/mol. The minimum Gasteiger partial charge on any atom is -0.497 e. The Labute approximate surface area is 88.4 Å². The maximum absolute atomic E-state index is 9.19. The molecule has 0 atom stereocenters. The van der Waals surface area contributed by atoms with Gasteiger partial charge in [0.2, 0.25) is 0 Å². The number of rotatable bonds is 2. The average Bonchev–Trinajstić information content (AvgIpc) is 2.30.